The highest BCUT2D eigenvalue weighted by Crippen LogP contribution is 2.36. The van der Waals surface area contributed by atoms with E-state index in [0.29, 0.717) is 0 Å². The Morgan fingerprint density at radius 1 is 1.63 bits per heavy atom. The Hall–Kier alpha value is -1.47. The van der Waals surface area contributed by atoms with Crippen molar-refractivity contribution in [2.24, 2.45) is 0 Å². The van der Waals surface area contributed by atoms with E-state index in [1.165, 1.54) is 6.07 Å². The predicted octanol–water partition coefficient (Wildman–Crippen LogP) is -1.97. The minimum absolute atomic E-state index is 0.0319. The SMILES string of the molecule is N#C[C@]1(F)[C@H](O)[C@@H](CO)O[C@H]1N1CCC(O)NC1=O. The topological polar surface area (TPSA) is 126 Å². The Morgan fingerprint density at radius 2 is 2.32 bits per heavy atom. The number of rotatable bonds is 2. The van der Waals surface area contributed by atoms with Crippen molar-refractivity contribution < 1.29 is 29.2 Å². The van der Waals surface area contributed by atoms with E-state index in [1.807, 2.05) is 0 Å². The lowest BCUT2D eigenvalue weighted by atomic mass is 9.97. The van der Waals surface area contributed by atoms with Gasteiger partial charge in [0.2, 0.25) is 0 Å². The summed E-state index contributed by atoms with van der Waals surface area (Å²) in [6.07, 6.45) is -5.68. The third-order valence-electron chi connectivity index (χ3n) is 3.27. The molecule has 0 aromatic carbocycles. The first-order valence-electron chi connectivity index (χ1n) is 5.73. The number of carbonyl (C=O) groups is 1. The van der Waals surface area contributed by atoms with Gasteiger partial charge in [0.25, 0.3) is 5.67 Å². The van der Waals surface area contributed by atoms with Crippen LogP contribution in [0.3, 0.4) is 0 Å². The number of nitrogens with one attached hydrogen (secondary N) is 1. The minimum atomic E-state index is -2.83. The largest absolute Gasteiger partial charge is 0.394 e. The van der Waals surface area contributed by atoms with Gasteiger partial charge in [0.1, 0.15) is 24.5 Å². The Bertz CT molecular complexity index is 416. The summed E-state index contributed by atoms with van der Waals surface area (Å²) in [5.41, 5.74) is -2.83. The summed E-state index contributed by atoms with van der Waals surface area (Å²) in [5, 5.41) is 38.9. The average molecular weight is 275 g/mol. The number of ether oxygens (including phenoxy) is 1. The van der Waals surface area contributed by atoms with Crippen LogP contribution in [0.15, 0.2) is 0 Å². The van der Waals surface area contributed by atoms with E-state index >= 15 is 0 Å². The summed E-state index contributed by atoms with van der Waals surface area (Å²) in [6, 6.07) is 0.497. The Morgan fingerprint density at radius 3 is 2.84 bits per heavy atom. The molecule has 2 aliphatic heterocycles. The number of alkyl halides is 1. The highest BCUT2D eigenvalue weighted by atomic mass is 19.1. The van der Waals surface area contributed by atoms with Crippen molar-refractivity contribution in [3.63, 3.8) is 0 Å². The first-order chi connectivity index (χ1) is 8.93. The normalized spacial score (nSPS) is 42.9. The summed E-state index contributed by atoms with van der Waals surface area (Å²) in [6.45, 7) is -0.709. The van der Waals surface area contributed by atoms with Gasteiger partial charge in [0.15, 0.2) is 6.23 Å². The maximum absolute atomic E-state index is 14.5. The number of aliphatic hydroxyl groups is 3. The molecule has 106 valence electrons. The van der Waals surface area contributed by atoms with E-state index in [0.717, 1.165) is 4.90 Å². The molecular formula is C10H14FN3O5. The zero-order valence-corrected chi connectivity index (χ0v) is 9.86. The van der Waals surface area contributed by atoms with Gasteiger partial charge in [0.05, 0.1) is 6.61 Å². The second-order valence-electron chi connectivity index (χ2n) is 4.48. The second kappa shape index (κ2) is 4.90. The van der Waals surface area contributed by atoms with Gasteiger partial charge in [-0.2, -0.15) is 5.26 Å². The van der Waals surface area contributed by atoms with Crippen molar-refractivity contribution in [3.8, 4) is 6.07 Å². The van der Waals surface area contributed by atoms with E-state index in [4.69, 9.17) is 15.1 Å². The summed E-state index contributed by atoms with van der Waals surface area (Å²) in [4.78, 5) is 12.5. The van der Waals surface area contributed by atoms with E-state index < -0.39 is 43.0 Å². The van der Waals surface area contributed by atoms with Crippen LogP contribution >= 0.6 is 0 Å². The zero-order chi connectivity index (χ0) is 14.2. The summed E-state index contributed by atoms with van der Waals surface area (Å²) in [5.74, 6) is 0. The van der Waals surface area contributed by atoms with E-state index in [2.05, 4.69) is 5.32 Å². The predicted molar refractivity (Wildman–Crippen MR) is 57.1 cm³/mol. The third-order valence-corrected chi connectivity index (χ3v) is 3.27. The molecule has 5 atom stereocenters. The molecule has 19 heavy (non-hydrogen) atoms. The number of urea groups is 1. The van der Waals surface area contributed by atoms with Crippen molar-refractivity contribution >= 4 is 6.03 Å². The quantitative estimate of drug-likeness (QED) is 0.463. The molecule has 0 bridgehead atoms. The molecule has 2 heterocycles. The fourth-order valence-corrected chi connectivity index (χ4v) is 2.20. The summed E-state index contributed by atoms with van der Waals surface area (Å²) < 4.78 is 19.5. The van der Waals surface area contributed by atoms with Gasteiger partial charge in [-0.15, -0.1) is 0 Å². The average Bonchev–Trinajstić information content (AvgIpc) is 2.63. The Balaban J connectivity index is 2.24. The molecule has 0 spiro atoms. The standard InChI is InChI=1S/C10H14FN3O5/c11-10(4-12)7(17)5(3-15)19-8(10)14-2-1-6(16)13-9(14)18/h5-8,15-17H,1-3H2,(H,13,18)/t5-,6?,7-,8-,10+/m1/s1. The molecule has 8 nitrogen and oxygen atoms in total. The van der Waals surface area contributed by atoms with Crippen LogP contribution in [0.4, 0.5) is 9.18 Å². The van der Waals surface area contributed by atoms with Crippen molar-refractivity contribution in [2.75, 3.05) is 13.2 Å². The highest BCUT2D eigenvalue weighted by molar-refractivity contribution is 5.75. The fourth-order valence-electron chi connectivity index (χ4n) is 2.20. The molecule has 2 amide bonds. The lowest BCUT2D eigenvalue weighted by molar-refractivity contribution is -0.0895. The molecule has 1 unspecified atom stereocenters. The Kier molecular flexibility index (Phi) is 3.60. The monoisotopic (exact) mass is 275 g/mol. The Labute approximate surface area is 108 Å². The van der Waals surface area contributed by atoms with Crippen LogP contribution in [0, 0.1) is 11.3 Å². The van der Waals surface area contributed by atoms with Gasteiger partial charge in [-0.05, 0) is 0 Å². The fraction of sp³-hybridized carbons (Fsp3) is 0.800. The number of halogens is 1. The van der Waals surface area contributed by atoms with Gasteiger partial charge in [0, 0.05) is 13.0 Å². The number of hydrogen-bond acceptors (Lipinski definition) is 6. The smallest absolute Gasteiger partial charge is 0.321 e. The van der Waals surface area contributed by atoms with Crippen molar-refractivity contribution in [3.05, 3.63) is 0 Å². The molecule has 0 aromatic rings. The van der Waals surface area contributed by atoms with Gasteiger partial charge in [-0.3, -0.25) is 4.90 Å². The lowest BCUT2D eigenvalue weighted by Crippen LogP contribution is -2.60. The molecule has 0 radical (unpaired) electrons. The zero-order valence-electron chi connectivity index (χ0n) is 9.86. The van der Waals surface area contributed by atoms with Crippen LogP contribution in [0.1, 0.15) is 6.42 Å². The maximum Gasteiger partial charge on any atom is 0.321 e. The van der Waals surface area contributed by atoms with Crippen LogP contribution in [-0.2, 0) is 4.74 Å². The summed E-state index contributed by atoms with van der Waals surface area (Å²) >= 11 is 0. The molecule has 0 saturated carbocycles. The van der Waals surface area contributed by atoms with Crippen LogP contribution in [-0.4, -0.2) is 69.7 Å². The molecule has 2 aliphatic rings. The first kappa shape index (κ1) is 14.0. The lowest BCUT2D eigenvalue weighted by Gasteiger charge is -2.36. The summed E-state index contributed by atoms with van der Waals surface area (Å²) in [7, 11) is 0. The molecule has 0 aliphatic carbocycles. The molecular weight excluding hydrogens is 261 g/mol. The van der Waals surface area contributed by atoms with Gasteiger partial charge in [-0.1, -0.05) is 0 Å². The first-order valence-corrected chi connectivity index (χ1v) is 5.73. The van der Waals surface area contributed by atoms with E-state index in [9.17, 15) is 19.4 Å². The molecule has 2 rings (SSSR count). The van der Waals surface area contributed by atoms with Crippen LogP contribution in [0.5, 0.6) is 0 Å². The van der Waals surface area contributed by atoms with E-state index in [-0.39, 0.29) is 13.0 Å². The second-order valence-corrected chi connectivity index (χ2v) is 4.48. The van der Waals surface area contributed by atoms with Crippen LogP contribution in [0.2, 0.25) is 0 Å². The molecule has 9 heteroatoms. The maximum atomic E-state index is 14.5. The number of amides is 2. The van der Waals surface area contributed by atoms with Crippen LogP contribution < -0.4 is 5.32 Å². The number of carbonyl (C=O) groups excluding carboxylic acids is 1. The molecule has 2 saturated heterocycles. The minimum Gasteiger partial charge on any atom is -0.394 e. The van der Waals surface area contributed by atoms with Gasteiger partial charge in [-0.25, -0.2) is 9.18 Å². The molecule has 0 aromatic heterocycles. The number of nitriles is 1. The van der Waals surface area contributed by atoms with Crippen LogP contribution in [0.25, 0.3) is 0 Å². The van der Waals surface area contributed by atoms with Gasteiger partial charge >= 0.3 is 6.03 Å². The highest BCUT2D eigenvalue weighted by Gasteiger charge is 2.61. The molecule has 2 fully saturated rings. The third kappa shape index (κ3) is 2.12. The van der Waals surface area contributed by atoms with Crippen molar-refractivity contribution in [1.29, 1.82) is 5.26 Å². The number of aliphatic hydroxyl groups excluding tert-OH is 3. The van der Waals surface area contributed by atoms with Crippen molar-refractivity contribution in [2.45, 2.75) is 36.8 Å². The molecule has 4 N–H and O–H groups in total. The van der Waals surface area contributed by atoms with Crippen molar-refractivity contribution in [1.82, 2.24) is 10.2 Å². The number of nitrogens with zero attached hydrogens (tertiary/aromatic N) is 2. The van der Waals surface area contributed by atoms with E-state index in [1.54, 1.807) is 0 Å². The number of hydrogen-bond donors (Lipinski definition) is 4. The van der Waals surface area contributed by atoms with Gasteiger partial charge < -0.3 is 25.4 Å².